The molecule has 1 rings (SSSR count). The predicted molar refractivity (Wildman–Crippen MR) is 61.0 cm³/mol. The van der Waals surface area contributed by atoms with E-state index in [2.05, 4.69) is 0 Å². The van der Waals surface area contributed by atoms with E-state index in [1.165, 1.54) is 0 Å². The van der Waals surface area contributed by atoms with Crippen LogP contribution in [0.5, 0.6) is 0 Å². The molecule has 78 valence electrons. The number of Topliss-reactive ketones (excluding diaryl/α,β-unsaturated/α-hetero) is 1. The highest BCUT2D eigenvalue weighted by atomic mass is 35.5. The van der Waals surface area contributed by atoms with E-state index < -0.39 is 4.87 Å². The summed E-state index contributed by atoms with van der Waals surface area (Å²) < 4.78 is 0. The smallest absolute Gasteiger partial charge is 0.135 e. The lowest BCUT2D eigenvalue weighted by Crippen LogP contribution is -2.33. The molecule has 0 N–H and O–H groups in total. The summed E-state index contributed by atoms with van der Waals surface area (Å²) in [7, 11) is 0. The summed E-state index contributed by atoms with van der Waals surface area (Å²) in [6.45, 7) is 1.98. The Bertz CT molecular complexity index is 270. The minimum atomic E-state index is -0.720. The number of rotatable bonds is 4. The fourth-order valence-corrected chi connectivity index (χ4v) is 1.98. The molecule has 0 radical (unpaired) electrons. The Kier molecular flexibility index (Phi) is 4.21. The third-order valence-corrected chi connectivity index (χ3v) is 3.36. The first kappa shape index (κ1) is 11.8. The third-order valence-electron chi connectivity index (χ3n) is 2.22. The zero-order chi connectivity index (χ0) is 10.6. The van der Waals surface area contributed by atoms with Crippen molar-refractivity contribution in [2.45, 2.75) is 36.4 Å². The molecule has 0 amide bonds. The average molecular weight is 233 g/mol. The van der Waals surface area contributed by atoms with E-state index in [0.29, 0.717) is 12.8 Å². The van der Waals surface area contributed by atoms with Crippen LogP contribution in [0, 0.1) is 0 Å². The molecule has 1 nitrogen and oxygen atoms in total. The van der Waals surface area contributed by atoms with E-state index in [4.69, 9.17) is 23.2 Å². The summed E-state index contributed by atoms with van der Waals surface area (Å²) >= 11 is 12.3. The molecule has 14 heavy (non-hydrogen) atoms. The number of carbonyl (C=O) groups excluding carboxylic acids is 1. The molecule has 0 saturated heterocycles. The number of hydrogen-bond donors (Lipinski definition) is 0. The first-order valence-corrected chi connectivity index (χ1v) is 5.60. The lowest BCUT2D eigenvalue weighted by atomic mass is 9.92. The van der Waals surface area contributed by atoms with E-state index in [1.54, 1.807) is 6.08 Å². The van der Waals surface area contributed by atoms with E-state index in [1.807, 2.05) is 25.2 Å². The molecule has 0 aromatic rings. The van der Waals surface area contributed by atoms with Gasteiger partial charge in [0.05, 0.1) is 10.3 Å². The lowest BCUT2D eigenvalue weighted by Gasteiger charge is -2.27. The molecule has 2 unspecified atom stereocenters. The fraction of sp³-hybridized carbons (Fsp3) is 0.545. The average Bonchev–Trinajstić information content (AvgIpc) is 2.10. The first-order chi connectivity index (χ1) is 6.58. The maximum Gasteiger partial charge on any atom is 0.135 e. The van der Waals surface area contributed by atoms with Gasteiger partial charge >= 0.3 is 0 Å². The highest BCUT2D eigenvalue weighted by molar-refractivity contribution is 6.35. The van der Waals surface area contributed by atoms with Crippen LogP contribution in [0.4, 0.5) is 0 Å². The van der Waals surface area contributed by atoms with Crippen molar-refractivity contribution in [2.75, 3.05) is 0 Å². The number of carbonyl (C=O) groups is 1. The van der Waals surface area contributed by atoms with Crippen LogP contribution in [0.1, 0.15) is 26.2 Å². The summed E-state index contributed by atoms with van der Waals surface area (Å²) in [5.41, 5.74) is 0. The van der Waals surface area contributed by atoms with E-state index >= 15 is 0 Å². The minimum Gasteiger partial charge on any atom is -0.300 e. The molecule has 1 aliphatic rings. The summed E-state index contributed by atoms with van der Waals surface area (Å²) in [5.74, 6) is 0.174. The van der Waals surface area contributed by atoms with Crippen molar-refractivity contribution in [1.82, 2.24) is 0 Å². The van der Waals surface area contributed by atoms with Crippen molar-refractivity contribution >= 4 is 29.0 Å². The molecule has 0 spiro atoms. The monoisotopic (exact) mass is 232 g/mol. The fourth-order valence-electron chi connectivity index (χ4n) is 1.45. The van der Waals surface area contributed by atoms with Crippen LogP contribution < -0.4 is 0 Å². The van der Waals surface area contributed by atoms with Gasteiger partial charge in [-0.1, -0.05) is 31.2 Å². The molecular weight excluding hydrogens is 219 g/mol. The third kappa shape index (κ3) is 2.86. The molecular formula is C11H14Cl2O. The normalized spacial score (nSPS) is 30.6. The molecule has 0 aromatic heterocycles. The van der Waals surface area contributed by atoms with E-state index in [9.17, 15) is 4.79 Å². The number of ketones is 1. The van der Waals surface area contributed by atoms with Gasteiger partial charge in [0, 0.05) is 12.8 Å². The standard InChI is InChI=1S/C11H14Cl2O/c1-2-5-9(14)8-11(13)7-4-3-6-10(11)12/h3-4,6-7,10H,2,5,8H2,1H3. The van der Waals surface area contributed by atoms with E-state index in [-0.39, 0.29) is 11.2 Å². The van der Waals surface area contributed by atoms with Gasteiger partial charge in [-0.05, 0) is 6.42 Å². The summed E-state index contributed by atoms with van der Waals surface area (Å²) in [4.78, 5) is 10.7. The lowest BCUT2D eigenvalue weighted by molar-refractivity contribution is -0.119. The Labute approximate surface area is 94.8 Å². The van der Waals surface area contributed by atoms with Crippen molar-refractivity contribution in [1.29, 1.82) is 0 Å². The second kappa shape index (κ2) is 4.99. The number of halogens is 2. The zero-order valence-electron chi connectivity index (χ0n) is 8.17. The highest BCUT2D eigenvalue weighted by Crippen LogP contribution is 2.34. The van der Waals surface area contributed by atoms with Gasteiger partial charge in [0.2, 0.25) is 0 Å². The van der Waals surface area contributed by atoms with Crippen LogP contribution in [0.15, 0.2) is 24.3 Å². The Morgan fingerprint density at radius 1 is 1.50 bits per heavy atom. The minimum absolute atomic E-state index is 0.174. The maximum atomic E-state index is 11.5. The molecule has 0 heterocycles. The topological polar surface area (TPSA) is 17.1 Å². The molecule has 0 aliphatic heterocycles. The number of allylic oxidation sites excluding steroid dienone is 4. The van der Waals surface area contributed by atoms with Crippen LogP contribution in [0.3, 0.4) is 0 Å². The van der Waals surface area contributed by atoms with Gasteiger partial charge in [0.15, 0.2) is 0 Å². The van der Waals surface area contributed by atoms with Crippen LogP contribution in [0.25, 0.3) is 0 Å². The first-order valence-electron chi connectivity index (χ1n) is 4.79. The van der Waals surface area contributed by atoms with Gasteiger partial charge in [-0.3, -0.25) is 4.79 Å². The SMILES string of the molecule is CCCC(=O)CC1(Cl)C=CC=CC1Cl. The van der Waals surface area contributed by atoms with Gasteiger partial charge in [0.25, 0.3) is 0 Å². The summed E-state index contributed by atoms with van der Waals surface area (Å²) in [6, 6.07) is 0. The van der Waals surface area contributed by atoms with Gasteiger partial charge < -0.3 is 0 Å². The quantitative estimate of drug-likeness (QED) is 0.679. The van der Waals surface area contributed by atoms with Crippen molar-refractivity contribution in [3.63, 3.8) is 0 Å². The molecule has 0 fully saturated rings. The largest absolute Gasteiger partial charge is 0.300 e. The van der Waals surface area contributed by atoms with Crippen LogP contribution >= 0.6 is 23.2 Å². The van der Waals surface area contributed by atoms with Crippen molar-refractivity contribution in [2.24, 2.45) is 0 Å². The molecule has 0 aromatic carbocycles. The molecule has 1 aliphatic carbocycles. The van der Waals surface area contributed by atoms with Crippen molar-refractivity contribution < 1.29 is 4.79 Å². The Morgan fingerprint density at radius 3 is 2.79 bits per heavy atom. The summed E-state index contributed by atoms with van der Waals surface area (Å²) in [6.07, 6.45) is 9.06. The Hall–Kier alpha value is -0.270. The second-order valence-electron chi connectivity index (χ2n) is 3.54. The van der Waals surface area contributed by atoms with Crippen LogP contribution in [0.2, 0.25) is 0 Å². The molecule has 2 atom stereocenters. The second-order valence-corrected chi connectivity index (χ2v) is 4.71. The van der Waals surface area contributed by atoms with Crippen LogP contribution in [-0.4, -0.2) is 16.0 Å². The number of hydrogen-bond acceptors (Lipinski definition) is 1. The Balaban J connectivity index is 2.61. The van der Waals surface area contributed by atoms with E-state index in [0.717, 1.165) is 6.42 Å². The van der Waals surface area contributed by atoms with Crippen molar-refractivity contribution in [3.8, 4) is 0 Å². The van der Waals surface area contributed by atoms with Crippen molar-refractivity contribution in [3.05, 3.63) is 24.3 Å². The number of alkyl halides is 2. The van der Waals surface area contributed by atoms with Gasteiger partial charge in [-0.25, -0.2) is 0 Å². The van der Waals surface area contributed by atoms with Crippen LogP contribution in [-0.2, 0) is 4.79 Å². The Morgan fingerprint density at radius 2 is 2.21 bits per heavy atom. The van der Waals surface area contributed by atoms with Gasteiger partial charge in [-0.2, -0.15) is 0 Å². The molecule has 0 bridgehead atoms. The summed E-state index contributed by atoms with van der Waals surface area (Å²) in [5, 5.41) is -0.296. The zero-order valence-corrected chi connectivity index (χ0v) is 9.68. The predicted octanol–water partition coefficient (Wildman–Crippen LogP) is 3.46. The molecule has 0 saturated carbocycles. The van der Waals surface area contributed by atoms with Gasteiger partial charge in [-0.15, -0.1) is 23.2 Å². The highest BCUT2D eigenvalue weighted by Gasteiger charge is 2.34. The van der Waals surface area contributed by atoms with Gasteiger partial charge in [0.1, 0.15) is 5.78 Å². The molecule has 3 heteroatoms. The maximum absolute atomic E-state index is 11.5.